The van der Waals surface area contributed by atoms with Crippen LogP contribution in [0.3, 0.4) is 0 Å². The van der Waals surface area contributed by atoms with E-state index in [1.54, 1.807) is 25.1 Å². The van der Waals surface area contributed by atoms with Crippen LogP contribution >= 0.6 is 0 Å². The fraction of sp³-hybridized carbons (Fsp3) is 0.455. The molecule has 0 amide bonds. The van der Waals surface area contributed by atoms with Crippen molar-refractivity contribution < 1.29 is 44.5 Å². The highest BCUT2D eigenvalue weighted by Crippen LogP contribution is 2.23. The number of rotatable bonds is 7. The molecule has 0 spiro atoms. The van der Waals surface area contributed by atoms with E-state index in [-0.39, 0.29) is 13.2 Å². The standard InChI is InChI=1S/C9H12O8S2.C2H6O2/c1-7-4-2-3-5-8(7)9(17-19(13,14)15)6-16-18(10,11)12;3-1-2-4/h2-5,9H,6H2,1H3,(H,10,11,12)(H,13,14,15);3-4H,1-2H2. The van der Waals surface area contributed by atoms with Crippen LogP contribution in [0.2, 0.25) is 0 Å². The van der Waals surface area contributed by atoms with E-state index in [0.717, 1.165) is 0 Å². The van der Waals surface area contributed by atoms with Crippen molar-refractivity contribution in [1.82, 2.24) is 0 Å². The normalized spacial score (nSPS) is 13.1. The number of hydrogen-bond acceptors (Lipinski definition) is 8. The highest BCUT2D eigenvalue weighted by molar-refractivity contribution is 7.81. The zero-order valence-electron chi connectivity index (χ0n) is 12.1. The zero-order chi connectivity index (χ0) is 18.1. The van der Waals surface area contributed by atoms with E-state index < -0.39 is 33.5 Å². The quantitative estimate of drug-likeness (QED) is 0.463. The maximum atomic E-state index is 10.7. The van der Waals surface area contributed by atoms with E-state index in [4.69, 9.17) is 19.3 Å². The molecule has 1 unspecified atom stereocenters. The Hall–Kier alpha value is -1.12. The Morgan fingerprint density at radius 3 is 1.91 bits per heavy atom. The van der Waals surface area contributed by atoms with Gasteiger partial charge < -0.3 is 10.2 Å². The molecule has 0 saturated carbocycles. The van der Waals surface area contributed by atoms with Crippen LogP contribution in [-0.2, 0) is 29.2 Å². The van der Waals surface area contributed by atoms with Crippen LogP contribution < -0.4 is 0 Å². The van der Waals surface area contributed by atoms with Gasteiger partial charge in [0.25, 0.3) is 0 Å². The predicted molar refractivity (Wildman–Crippen MR) is 78.2 cm³/mol. The minimum atomic E-state index is -4.81. The van der Waals surface area contributed by atoms with E-state index in [9.17, 15) is 16.8 Å². The van der Waals surface area contributed by atoms with Gasteiger partial charge in [0.1, 0.15) is 12.7 Å². The van der Waals surface area contributed by atoms with Crippen molar-refractivity contribution >= 4 is 20.8 Å². The van der Waals surface area contributed by atoms with Crippen molar-refractivity contribution in [1.29, 1.82) is 0 Å². The Bertz CT molecular complexity index is 666. The lowest BCUT2D eigenvalue weighted by molar-refractivity contribution is 0.115. The molecule has 0 heterocycles. The molecule has 0 aromatic heterocycles. The summed E-state index contributed by atoms with van der Waals surface area (Å²) in [5, 5.41) is 15.2. The molecule has 0 aliphatic carbocycles. The van der Waals surface area contributed by atoms with Gasteiger partial charge in [-0.3, -0.25) is 9.11 Å². The Labute approximate surface area is 134 Å². The van der Waals surface area contributed by atoms with Gasteiger partial charge in [-0.2, -0.15) is 16.8 Å². The second-order valence-electron chi connectivity index (χ2n) is 4.03. The minimum Gasteiger partial charge on any atom is -0.394 e. The van der Waals surface area contributed by atoms with E-state index in [1.165, 1.54) is 6.07 Å². The van der Waals surface area contributed by atoms with Crippen molar-refractivity contribution in [2.24, 2.45) is 0 Å². The summed E-state index contributed by atoms with van der Waals surface area (Å²) in [6, 6.07) is 6.34. The monoisotopic (exact) mass is 374 g/mol. The summed E-state index contributed by atoms with van der Waals surface area (Å²) in [6.07, 6.45) is -1.40. The Morgan fingerprint density at radius 1 is 1.00 bits per heavy atom. The highest BCUT2D eigenvalue weighted by atomic mass is 32.3. The molecule has 12 heteroatoms. The molecule has 4 N–H and O–H groups in total. The molecule has 1 aromatic rings. The molecule has 0 fully saturated rings. The average Bonchev–Trinajstić information content (AvgIpc) is 2.42. The summed E-state index contributed by atoms with van der Waals surface area (Å²) < 4.78 is 67.9. The second-order valence-corrected chi connectivity index (χ2v) is 6.17. The molecule has 0 aliphatic heterocycles. The van der Waals surface area contributed by atoms with Crippen molar-refractivity contribution in [3.63, 3.8) is 0 Å². The maximum absolute atomic E-state index is 10.7. The third kappa shape index (κ3) is 11.1. The van der Waals surface area contributed by atoms with Gasteiger partial charge in [-0.15, -0.1) is 0 Å². The first-order valence-corrected chi connectivity index (χ1v) is 8.78. The van der Waals surface area contributed by atoms with E-state index in [1.807, 2.05) is 0 Å². The maximum Gasteiger partial charge on any atom is 0.398 e. The molecule has 1 atom stereocenters. The van der Waals surface area contributed by atoms with Gasteiger partial charge in [0.05, 0.1) is 13.2 Å². The van der Waals surface area contributed by atoms with Gasteiger partial charge in [0.15, 0.2) is 0 Å². The molecule has 23 heavy (non-hydrogen) atoms. The van der Waals surface area contributed by atoms with Crippen LogP contribution in [0.25, 0.3) is 0 Å². The number of aliphatic hydroxyl groups is 2. The number of aliphatic hydroxyl groups excluding tert-OH is 2. The lowest BCUT2D eigenvalue weighted by Crippen LogP contribution is -2.19. The third-order valence-corrected chi connectivity index (χ3v) is 3.15. The van der Waals surface area contributed by atoms with Crippen molar-refractivity contribution in [3.8, 4) is 0 Å². The van der Waals surface area contributed by atoms with Crippen molar-refractivity contribution in [2.45, 2.75) is 13.0 Å². The fourth-order valence-electron chi connectivity index (χ4n) is 1.41. The summed E-state index contributed by atoms with van der Waals surface area (Å²) >= 11 is 0. The smallest absolute Gasteiger partial charge is 0.394 e. The summed E-state index contributed by atoms with van der Waals surface area (Å²) in [7, 11) is -9.56. The van der Waals surface area contributed by atoms with Crippen LogP contribution in [0, 0.1) is 6.92 Å². The number of benzene rings is 1. The molecular weight excluding hydrogens is 356 g/mol. The lowest BCUT2D eigenvalue weighted by Gasteiger charge is -2.16. The Kier molecular flexibility index (Phi) is 9.41. The van der Waals surface area contributed by atoms with E-state index in [2.05, 4.69) is 8.37 Å². The van der Waals surface area contributed by atoms with Crippen LogP contribution in [0.4, 0.5) is 0 Å². The minimum absolute atomic E-state index is 0.125. The second kappa shape index (κ2) is 9.89. The molecule has 1 aromatic carbocycles. The summed E-state index contributed by atoms with van der Waals surface area (Å²) in [5.41, 5.74) is 0.888. The molecule has 0 aliphatic rings. The molecule has 10 nitrogen and oxygen atoms in total. The number of hydrogen-bond donors (Lipinski definition) is 4. The fourth-order valence-corrected chi connectivity index (χ4v) is 2.16. The van der Waals surface area contributed by atoms with Gasteiger partial charge in [-0.25, -0.2) is 8.37 Å². The van der Waals surface area contributed by atoms with Crippen molar-refractivity contribution in [3.05, 3.63) is 35.4 Å². The molecule has 1 rings (SSSR count). The summed E-state index contributed by atoms with van der Waals surface area (Å²) in [5.74, 6) is 0. The Balaban J connectivity index is 0.00000108. The van der Waals surface area contributed by atoms with Gasteiger partial charge in [0.2, 0.25) is 0 Å². The van der Waals surface area contributed by atoms with Crippen molar-refractivity contribution in [2.75, 3.05) is 19.8 Å². The lowest BCUT2D eigenvalue weighted by atomic mass is 10.0. The average molecular weight is 374 g/mol. The SMILES string of the molecule is Cc1ccccc1C(COS(=O)(=O)O)OS(=O)(=O)O.OCCO. The van der Waals surface area contributed by atoms with Gasteiger partial charge >= 0.3 is 20.8 Å². The van der Waals surface area contributed by atoms with Gasteiger partial charge in [-0.05, 0) is 18.1 Å². The number of aryl methyl sites for hydroxylation is 1. The van der Waals surface area contributed by atoms with Crippen LogP contribution in [0.1, 0.15) is 17.2 Å². The molecule has 0 saturated heterocycles. The van der Waals surface area contributed by atoms with E-state index in [0.29, 0.717) is 11.1 Å². The third-order valence-electron chi connectivity index (χ3n) is 2.24. The summed E-state index contributed by atoms with van der Waals surface area (Å²) in [6.45, 7) is 0.576. The van der Waals surface area contributed by atoms with E-state index >= 15 is 0 Å². The predicted octanol–water partition coefficient (Wildman–Crippen LogP) is -0.354. The summed E-state index contributed by atoms with van der Waals surface area (Å²) in [4.78, 5) is 0. The first kappa shape index (κ1) is 21.9. The molecule has 134 valence electrons. The van der Waals surface area contributed by atoms with Crippen LogP contribution in [0.15, 0.2) is 24.3 Å². The van der Waals surface area contributed by atoms with Gasteiger partial charge in [0, 0.05) is 0 Å². The first-order valence-electron chi connectivity index (χ1n) is 6.05. The topological polar surface area (TPSA) is 168 Å². The molecule has 0 bridgehead atoms. The molecular formula is C11H18O10S2. The largest absolute Gasteiger partial charge is 0.398 e. The van der Waals surface area contributed by atoms with Crippen LogP contribution in [0.5, 0.6) is 0 Å². The highest BCUT2D eigenvalue weighted by Gasteiger charge is 2.23. The molecule has 0 radical (unpaired) electrons. The van der Waals surface area contributed by atoms with Gasteiger partial charge in [-0.1, -0.05) is 24.3 Å². The zero-order valence-corrected chi connectivity index (χ0v) is 13.7. The Morgan fingerprint density at radius 2 is 1.52 bits per heavy atom. The van der Waals surface area contributed by atoms with Crippen LogP contribution in [-0.4, -0.2) is 56.0 Å². The first-order chi connectivity index (χ1) is 10.5.